The van der Waals surface area contributed by atoms with Crippen LogP contribution in [0.25, 0.3) is 5.69 Å². The summed E-state index contributed by atoms with van der Waals surface area (Å²) in [6, 6.07) is 18.5. The topological polar surface area (TPSA) is 84.7 Å². The van der Waals surface area contributed by atoms with Gasteiger partial charge in [-0.1, -0.05) is 81.1 Å². The molecule has 0 N–H and O–H groups in total. The fourth-order valence-corrected chi connectivity index (χ4v) is 6.02. The van der Waals surface area contributed by atoms with Crippen molar-refractivity contribution in [3.8, 4) is 11.4 Å². The monoisotopic (exact) mass is 524 g/mol. The van der Waals surface area contributed by atoms with Gasteiger partial charge < -0.3 is 9.64 Å². The van der Waals surface area contributed by atoms with Gasteiger partial charge in [-0.15, -0.1) is 0 Å². The molecule has 0 aliphatic carbocycles. The van der Waals surface area contributed by atoms with Crippen molar-refractivity contribution in [3.63, 3.8) is 0 Å². The summed E-state index contributed by atoms with van der Waals surface area (Å²) in [4.78, 5) is 15.5. The Labute approximate surface area is 219 Å². The summed E-state index contributed by atoms with van der Waals surface area (Å²) in [6.07, 6.45) is 7.10. The number of sulfonamides is 1. The Bertz CT molecular complexity index is 1290. The van der Waals surface area contributed by atoms with Gasteiger partial charge in [0.15, 0.2) is 0 Å². The van der Waals surface area contributed by atoms with Crippen LogP contribution in [0.2, 0.25) is 0 Å². The van der Waals surface area contributed by atoms with Crippen LogP contribution in [0.4, 0.5) is 5.69 Å². The van der Waals surface area contributed by atoms with E-state index in [9.17, 15) is 13.2 Å². The summed E-state index contributed by atoms with van der Waals surface area (Å²) in [5, 5.41) is 4.43. The molecular formula is C28H36N4O4S. The van der Waals surface area contributed by atoms with Crippen molar-refractivity contribution in [2.75, 3.05) is 37.7 Å². The highest BCUT2D eigenvalue weighted by molar-refractivity contribution is 7.88. The third-order valence-corrected chi connectivity index (χ3v) is 8.42. The average Bonchev–Trinajstić information content (AvgIpc) is 2.92. The predicted octanol–water partition coefficient (Wildman–Crippen LogP) is 4.23. The number of piperazine rings is 1. The lowest BCUT2D eigenvalue weighted by Crippen LogP contribution is -2.49. The molecule has 0 bridgehead atoms. The molecule has 2 aromatic carbocycles. The van der Waals surface area contributed by atoms with E-state index in [2.05, 4.69) is 12.0 Å². The van der Waals surface area contributed by atoms with E-state index >= 15 is 0 Å². The minimum absolute atomic E-state index is 0.0189. The number of aromatic nitrogens is 2. The van der Waals surface area contributed by atoms with Crippen LogP contribution in [-0.4, -0.2) is 55.3 Å². The predicted molar refractivity (Wildman–Crippen MR) is 147 cm³/mol. The van der Waals surface area contributed by atoms with E-state index in [1.165, 1.54) is 21.8 Å². The SMILES string of the molecule is CCCCCCCOc1c(N2CCN(S(=O)(=O)Cc3ccccc3)CC2)cnn(-c2ccccc2)c1=O. The van der Waals surface area contributed by atoms with Crippen LogP contribution in [0.3, 0.4) is 0 Å². The number of rotatable bonds is 12. The molecule has 1 fully saturated rings. The maximum absolute atomic E-state index is 13.5. The molecule has 9 heteroatoms. The number of hydrogen-bond donors (Lipinski definition) is 0. The molecule has 0 unspecified atom stereocenters. The molecule has 0 atom stereocenters. The number of benzene rings is 2. The maximum Gasteiger partial charge on any atom is 0.316 e. The molecular weight excluding hydrogens is 488 g/mol. The van der Waals surface area contributed by atoms with Gasteiger partial charge in [0, 0.05) is 26.2 Å². The molecule has 4 rings (SSSR count). The van der Waals surface area contributed by atoms with Crippen LogP contribution in [-0.2, 0) is 15.8 Å². The number of nitrogens with zero attached hydrogens (tertiary/aromatic N) is 4. The normalized spacial score (nSPS) is 14.6. The summed E-state index contributed by atoms with van der Waals surface area (Å²) < 4.78 is 35.0. The van der Waals surface area contributed by atoms with Gasteiger partial charge in [-0.2, -0.15) is 14.1 Å². The fraction of sp³-hybridized carbons (Fsp3) is 0.429. The molecule has 8 nitrogen and oxygen atoms in total. The van der Waals surface area contributed by atoms with Crippen molar-refractivity contribution in [2.24, 2.45) is 0 Å². The zero-order valence-corrected chi connectivity index (χ0v) is 22.3. The molecule has 0 radical (unpaired) electrons. The summed E-state index contributed by atoms with van der Waals surface area (Å²) >= 11 is 0. The van der Waals surface area contributed by atoms with Gasteiger partial charge in [-0.05, 0) is 24.1 Å². The van der Waals surface area contributed by atoms with E-state index in [0.29, 0.717) is 44.2 Å². The van der Waals surface area contributed by atoms with Gasteiger partial charge in [0.05, 0.1) is 24.2 Å². The zero-order chi connectivity index (χ0) is 26.1. The molecule has 198 valence electrons. The number of ether oxygens (including phenoxy) is 1. The van der Waals surface area contributed by atoms with E-state index in [1.807, 2.05) is 65.6 Å². The van der Waals surface area contributed by atoms with Gasteiger partial charge in [0.1, 0.15) is 5.69 Å². The zero-order valence-electron chi connectivity index (χ0n) is 21.5. The number of unbranched alkanes of at least 4 members (excludes halogenated alkanes) is 4. The molecule has 3 aromatic rings. The Morgan fingerprint density at radius 3 is 2.19 bits per heavy atom. The lowest BCUT2D eigenvalue weighted by atomic mass is 10.2. The lowest BCUT2D eigenvalue weighted by molar-refractivity contribution is 0.297. The van der Waals surface area contributed by atoms with Crippen LogP contribution >= 0.6 is 0 Å². The minimum Gasteiger partial charge on any atom is -0.486 e. The second-order valence-electron chi connectivity index (χ2n) is 9.30. The number of anilines is 1. The Morgan fingerprint density at radius 2 is 1.51 bits per heavy atom. The Hall–Kier alpha value is -3.17. The quantitative estimate of drug-likeness (QED) is 0.330. The number of para-hydroxylation sites is 1. The molecule has 2 heterocycles. The highest BCUT2D eigenvalue weighted by atomic mass is 32.2. The van der Waals surface area contributed by atoms with Gasteiger partial charge in [-0.3, -0.25) is 4.79 Å². The standard InChI is InChI=1S/C28H36N4O4S/c1-2-3-4-5-12-21-36-27-26(22-29-32(28(27)33)25-15-10-7-11-16-25)30-17-19-31(20-18-30)37(34,35)23-24-13-8-6-9-14-24/h6-11,13-16,22H,2-5,12,17-21,23H2,1H3. The van der Waals surface area contributed by atoms with Gasteiger partial charge >= 0.3 is 5.56 Å². The first-order valence-corrected chi connectivity index (χ1v) is 14.7. The third-order valence-electron chi connectivity index (χ3n) is 6.57. The first kappa shape index (κ1) is 26.9. The summed E-state index contributed by atoms with van der Waals surface area (Å²) in [5.74, 6) is 0.254. The first-order chi connectivity index (χ1) is 18.0. The first-order valence-electron chi connectivity index (χ1n) is 13.1. The Morgan fingerprint density at radius 1 is 0.865 bits per heavy atom. The second kappa shape index (κ2) is 12.9. The molecule has 1 aliphatic rings. The highest BCUT2D eigenvalue weighted by Crippen LogP contribution is 2.27. The lowest BCUT2D eigenvalue weighted by Gasteiger charge is -2.35. The fourth-order valence-electron chi connectivity index (χ4n) is 4.51. The molecule has 1 aromatic heterocycles. The maximum atomic E-state index is 13.5. The smallest absolute Gasteiger partial charge is 0.316 e. The minimum atomic E-state index is -3.43. The average molecular weight is 525 g/mol. The van der Waals surface area contributed by atoms with Crippen LogP contribution in [0.1, 0.15) is 44.6 Å². The summed E-state index contributed by atoms with van der Waals surface area (Å²) in [7, 11) is -3.43. The Kier molecular flexibility index (Phi) is 9.35. The Balaban J connectivity index is 1.49. The van der Waals surface area contributed by atoms with Crippen molar-refractivity contribution in [1.29, 1.82) is 0 Å². The van der Waals surface area contributed by atoms with E-state index in [4.69, 9.17) is 4.74 Å². The van der Waals surface area contributed by atoms with Crippen molar-refractivity contribution in [2.45, 2.75) is 44.8 Å². The van der Waals surface area contributed by atoms with Gasteiger partial charge in [-0.25, -0.2) is 8.42 Å². The highest BCUT2D eigenvalue weighted by Gasteiger charge is 2.29. The van der Waals surface area contributed by atoms with Crippen LogP contribution in [0.15, 0.2) is 71.7 Å². The summed E-state index contributed by atoms with van der Waals surface area (Å²) in [6.45, 7) is 4.23. The third kappa shape index (κ3) is 6.99. The van der Waals surface area contributed by atoms with E-state index in [0.717, 1.165) is 24.8 Å². The van der Waals surface area contributed by atoms with Crippen LogP contribution in [0.5, 0.6) is 5.75 Å². The second-order valence-corrected chi connectivity index (χ2v) is 11.3. The van der Waals surface area contributed by atoms with Crippen LogP contribution < -0.4 is 15.2 Å². The molecule has 0 saturated carbocycles. The van der Waals surface area contributed by atoms with E-state index in [1.54, 1.807) is 6.20 Å². The van der Waals surface area contributed by atoms with Crippen molar-refractivity contribution in [3.05, 3.63) is 82.8 Å². The molecule has 0 amide bonds. The largest absolute Gasteiger partial charge is 0.486 e. The van der Waals surface area contributed by atoms with Crippen molar-refractivity contribution in [1.82, 2.24) is 14.1 Å². The summed E-state index contributed by atoms with van der Waals surface area (Å²) in [5.41, 5.74) is 1.75. The van der Waals surface area contributed by atoms with E-state index < -0.39 is 10.0 Å². The molecule has 1 aliphatic heterocycles. The van der Waals surface area contributed by atoms with Gasteiger partial charge in [0.25, 0.3) is 0 Å². The molecule has 0 spiro atoms. The van der Waals surface area contributed by atoms with Crippen LogP contribution in [0, 0.1) is 0 Å². The van der Waals surface area contributed by atoms with E-state index in [-0.39, 0.29) is 17.1 Å². The molecule has 1 saturated heterocycles. The van der Waals surface area contributed by atoms with Gasteiger partial charge in [0.2, 0.25) is 15.8 Å². The van der Waals surface area contributed by atoms with Crippen molar-refractivity contribution >= 4 is 15.7 Å². The number of hydrogen-bond acceptors (Lipinski definition) is 6. The van der Waals surface area contributed by atoms with Crippen molar-refractivity contribution < 1.29 is 13.2 Å². The molecule has 37 heavy (non-hydrogen) atoms.